The number of para-hydroxylation sites is 3. The van der Waals surface area contributed by atoms with E-state index in [-0.39, 0.29) is 0 Å². The lowest BCUT2D eigenvalue weighted by atomic mass is 9.97. The Morgan fingerprint density at radius 2 is 0.930 bits per heavy atom. The van der Waals surface area contributed by atoms with Crippen LogP contribution in [-0.2, 0) is 0 Å². The van der Waals surface area contributed by atoms with Gasteiger partial charge in [0.05, 0.1) is 32.3 Å². The van der Waals surface area contributed by atoms with Gasteiger partial charge in [-0.2, -0.15) is 9.97 Å². The number of nitrogens with zero attached hydrogens (tertiary/aromatic N) is 6. The van der Waals surface area contributed by atoms with E-state index in [0.29, 0.717) is 17.6 Å². The van der Waals surface area contributed by atoms with E-state index in [1.54, 1.807) is 11.3 Å². The van der Waals surface area contributed by atoms with Crippen molar-refractivity contribution in [2.45, 2.75) is 0 Å². The standard InChI is InChI=1S/C50H30N6S/c1-2-14-33(15-3-1)47-52-48(34-27-25-32(26-28-34)36-20-12-16-31-13-4-5-17-35(31)36)54-49(53-47)55-42-22-9-6-18-37(42)39-29-30-40-38-19-7-10-23-43(38)56(46(40)45(39)55)50-51-41-21-8-11-24-44(41)57-50/h1-30H. The molecule has 6 nitrogen and oxygen atoms in total. The molecule has 0 unspecified atom stereocenters. The summed E-state index contributed by atoms with van der Waals surface area (Å²) in [7, 11) is 0. The Morgan fingerprint density at radius 3 is 1.67 bits per heavy atom. The van der Waals surface area contributed by atoms with E-state index >= 15 is 0 Å². The number of rotatable bonds is 5. The van der Waals surface area contributed by atoms with Gasteiger partial charge in [0.2, 0.25) is 5.95 Å². The van der Waals surface area contributed by atoms with Crippen molar-refractivity contribution in [1.29, 1.82) is 0 Å². The Bertz CT molecular complexity index is 3490. The fourth-order valence-corrected chi connectivity index (χ4v) is 9.44. The first-order chi connectivity index (χ1) is 28.3. The van der Waals surface area contributed by atoms with E-state index in [9.17, 15) is 0 Å². The Balaban J connectivity index is 1.14. The van der Waals surface area contributed by atoms with Crippen LogP contribution in [0.3, 0.4) is 0 Å². The Kier molecular flexibility index (Phi) is 7.00. The van der Waals surface area contributed by atoms with E-state index in [4.69, 9.17) is 19.9 Å². The minimum absolute atomic E-state index is 0.553. The van der Waals surface area contributed by atoms with Crippen molar-refractivity contribution in [2.75, 3.05) is 0 Å². The third-order valence-electron chi connectivity index (χ3n) is 11.0. The number of aromatic nitrogens is 6. The molecule has 0 aliphatic carbocycles. The summed E-state index contributed by atoms with van der Waals surface area (Å²) in [5, 5.41) is 7.91. The quantitative estimate of drug-likeness (QED) is 0.176. The highest BCUT2D eigenvalue weighted by molar-refractivity contribution is 7.20. The SMILES string of the molecule is c1ccc(-c2nc(-c3ccc(-c4cccc5ccccc45)cc3)nc(-n3c4ccccc4c4ccc5c6ccccc6n(-c6nc7ccccc7s6)c5c43)n2)cc1. The molecule has 0 saturated heterocycles. The van der Waals surface area contributed by atoms with E-state index in [1.807, 2.05) is 24.3 Å². The van der Waals surface area contributed by atoms with Crippen LogP contribution in [0.5, 0.6) is 0 Å². The predicted octanol–water partition coefficient (Wildman–Crippen LogP) is 12.8. The lowest BCUT2D eigenvalue weighted by Crippen LogP contribution is -2.07. The summed E-state index contributed by atoms with van der Waals surface area (Å²) in [6.07, 6.45) is 0. The zero-order chi connectivity index (χ0) is 37.5. The third-order valence-corrected chi connectivity index (χ3v) is 12.1. The summed E-state index contributed by atoms with van der Waals surface area (Å²) >= 11 is 1.70. The molecule has 12 rings (SSSR count). The van der Waals surface area contributed by atoms with Gasteiger partial charge in [-0.15, -0.1) is 0 Å². The molecule has 0 aliphatic rings. The third kappa shape index (κ3) is 4.96. The maximum atomic E-state index is 5.34. The molecule has 0 radical (unpaired) electrons. The lowest BCUT2D eigenvalue weighted by molar-refractivity contribution is 0.953. The predicted molar refractivity (Wildman–Crippen MR) is 235 cm³/mol. The molecular weight excluding hydrogens is 717 g/mol. The topological polar surface area (TPSA) is 61.4 Å². The zero-order valence-electron chi connectivity index (χ0n) is 30.4. The van der Waals surface area contributed by atoms with Crippen LogP contribution in [0.25, 0.3) is 110 Å². The van der Waals surface area contributed by atoms with Gasteiger partial charge < -0.3 is 0 Å². The molecule has 12 aromatic rings. The number of fused-ring (bicyclic) bond motifs is 9. The molecule has 0 bridgehead atoms. The molecule has 8 aromatic carbocycles. The summed E-state index contributed by atoms with van der Waals surface area (Å²) in [5.74, 6) is 1.77. The van der Waals surface area contributed by atoms with Gasteiger partial charge >= 0.3 is 0 Å². The monoisotopic (exact) mass is 746 g/mol. The highest BCUT2D eigenvalue weighted by atomic mass is 32.1. The lowest BCUT2D eigenvalue weighted by Gasteiger charge is -2.13. The van der Waals surface area contributed by atoms with Crippen molar-refractivity contribution in [3.8, 4) is 45.0 Å². The minimum atomic E-state index is 0.553. The van der Waals surface area contributed by atoms with Crippen LogP contribution in [0.4, 0.5) is 0 Å². The van der Waals surface area contributed by atoms with E-state index in [0.717, 1.165) is 75.7 Å². The largest absolute Gasteiger partial charge is 0.283 e. The molecule has 0 saturated carbocycles. The average molecular weight is 747 g/mol. The van der Waals surface area contributed by atoms with Crippen LogP contribution >= 0.6 is 11.3 Å². The molecular formula is C50H30N6S. The van der Waals surface area contributed by atoms with E-state index in [2.05, 4.69) is 167 Å². The minimum Gasteiger partial charge on any atom is -0.283 e. The van der Waals surface area contributed by atoms with Crippen molar-refractivity contribution < 1.29 is 0 Å². The molecule has 266 valence electrons. The fraction of sp³-hybridized carbons (Fsp3) is 0. The van der Waals surface area contributed by atoms with Crippen LogP contribution in [0.1, 0.15) is 0 Å². The molecule has 0 N–H and O–H groups in total. The maximum Gasteiger partial charge on any atom is 0.238 e. The van der Waals surface area contributed by atoms with Crippen LogP contribution in [-0.4, -0.2) is 29.1 Å². The summed E-state index contributed by atoms with van der Waals surface area (Å²) < 4.78 is 5.71. The second kappa shape index (κ2) is 12.5. The second-order valence-electron chi connectivity index (χ2n) is 14.3. The van der Waals surface area contributed by atoms with Gasteiger partial charge in [0.25, 0.3) is 0 Å². The van der Waals surface area contributed by atoms with Gasteiger partial charge in [0.15, 0.2) is 16.8 Å². The van der Waals surface area contributed by atoms with Crippen molar-refractivity contribution in [3.63, 3.8) is 0 Å². The van der Waals surface area contributed by atoms with Gasteiger partial charge in [0.1, 0.15) is 0 Å². The molecule has 7 heteroatoms. The first kappa shape index (κ1) is 31.8. The summed E-state index contributed by atoms with van der Waals surface area (Å²) in [6.45, 7) is 0. The van der Waals surface area contributed by atoms with Crippen LogP contribution in [0.15, 0.2) is 182 Å². The molecule has 0 fully saturated rings. The summed E-state index contributed by atoms with van der Waals surface area (Å²) in [4.78, 5) is 21.0. The van der Waals surface area contributed by atoms with Crippen LogP contribution in [0, 0.1) is 0 Å². The summed E-state index contributed by atoms with van der Waals surface area (Å²) in [6, 6.07) is 63.8. The number of hydrogen-bond donors (Lipinski definition) is 0. The average Bonchev–Trinajstić information content (AvgIpc) is 3.96. The Hall–Kier alpha value is -7.48. The number of thiazole rings is 1. The van der Waals surface area contributed by atoms with E-state index < -0.39 is 0 Å². The van der Waals surface area contributed by atoms with Crippen LogP contribution < -0.4 is 0 Å². The van der Waals surface area contributed by atoms with Crippen molar-refractivity contribution in [3.05, 3.63) is 182 Å². The smallest absolute Gasteiger partial charge is 0.238 e. The second-order valence-corrected chi connectivity index (χ2v) is 15.3. The van der Waals surface area contributed by atoms with Crippen molar-refractivity contribution in [2.24, 2.45) is 0 Å². The molecule has 0 atom stereocenters. The molecule has 4 aromatic heterocycles. The molecule has 57 heavy (non-hydrogen) atoms. The fourth-order valence-electron chi connectivity index (χ4n) is 8.45. The van der Waals surface area contributed by atoms with Crippen molar-refractivity contribution >= 4 is 75.9 Å². The molecule has 4 heterocycles. The first-order valence-corrected chi connectivity index (χ1v) is 19.8. The molecule has 0 amide bonds. The highest BCUT2D eigenvalue weighted by Gasteiger charge is 2.24. The Morgan fingerprint density at radius 1 is 0.368 bits per heavy atom. The van der Waals surface area contributed by atoms with Gasteiger partial charge in [-0.05, 0) is 46.2 Å². The zero-order valence-corrected chi connectivity index (χ0v) is 31.2. The number of benzene rings is 8. The van der Waals surface area contributed by atoms with E-state index in [1.165, 1.54) is 16.3 Å². The van der Waals surface area contributed by atoms with Crippen LogP contribution in [0.2, 0.25) is 0 Å². The Labute approximate surface area is 330 Å². The first-order valence-electron chi connectivity index (χ1n) is 19.0. The van der Waals surface area contributed by atoms with Gasteiger partial charge in [-0.3, -0.25) is 9.13 Å². The van der Waals surface area contributed by atoms with Gasteiger partial charge in [-0.25, -0.2) is 9.97 Å². The van der Waals surface area contributed by atoms with Gasteiger partial charge in [0, 0.05) is 32.7 Å². The number of hydrogen-bond acceptors (Lipinski definition) is 5. The highest BCUT2D eigenvalue weighted by Crippen LogP contribution is 2.42. The van der Waals surface area contributed by atoms with Gasteiger partial charge in [-0.1, -0.05) is 169 Å². The normalized spacial score (nSPS) is 11.9. The molecule has 0 aliphatic heterocycles. The maximum absolute atomic E-state index is 5.34. The summed E-state index contributed by atoms with van der Waals surface area (Å²) in [5.41, 5.74) is 9.35. The van der Waals surface area contributed by atoms with Crippen molar-refractivity contribution in [1.82, 2.24) is 29.1 Å². The molecule has 0 spiro atoms.